The summed E-state index contributed by atoms with van der Waals surface area (Å²) in [5.41, 5.74) is 1.76. The van der Waals surface area contributed by atoms with Gasteiger partial charge in [-0.1, -0.05) is 40.8 Å². The Bertz CT molecular complexity index is 1110. The second kappa shape index (κ2) is 10.1. The molecule has 1 aromatic carbocycles. The third-order valence-corrected chi connectivity index (χ3v) is 6.62. The first-order valence-electron chi connectivity index (χ1n) is 9.90. The molecule has 2 heterocycles. The van der Waals surface area contributed by atoms with Crippen LogP contribution in [-0.4, -0.2) is 56.3 Å². The number of thioether (sulfide) groups is 1. The van der Waals surface area contributed by atoms with Gasteiger partial charge in [0.1, 0.15) is 10.6 Å². The van der Waals surface area contributed by atoms with Gasteiger partial charge in [0.25, 0.3) is 5.91 Å². The number of aryl methyl sites for hydroxylation is 2. The molecular weight excluding hydrogens is 448 g/mol. The number of thiazole rings is 1. The molecule has 3 aromatic rings. The van der Waals surface area contributed by atoms with Crippen LogP contribution in [0.3, 0.4) is 0 Å². The van der Waals surface area contributed by atoms with E-state index in [0.717, 1.165) is 11.3 Å². The first-order valence-corrected chi connectivity index (χ1v) is 11.7. The van der Waals surface area contributed by atoms with Crippen LogP contribution in [0.2, 0.25) is 0 Å². The lowest BCUT2D eigenvalue weighted by molar-refractivity contribution is -0.113. The number of hydrogen-bond donors (Lipinski definition) is 1. The minimum Gasteiger partial charge on any atom is -0.483 e. The Morgan fingerprint density at radius 2 is 1.91 bits per heavy atom. The number of aromatic nitrogens is 4. The molecule has 0 fully saturated rings. The van der Waals surface area contributed by atoms with Gasteiger partial charge in [0.15, 0.2) is 22.2 Å². The van der Waals surface area contributed by atoms with Crippen molar-refractivity contribution in [2.45, 2.75) is 32.0 Å². The lowest BCUT2D eigenvalue weighted by atomic mass is 10.2. The van der Waals surface area contributed by atoms with Gasteiger partial charge in [0.05, 0.1) is 11.4 Å². The largest absolute Gasteiger partial charge is 0.483 e. The molecular formula is C21H26N6O3S2. The Hall–Kier alpha value is -2.92. The molecule has 0 aliphatic rings. The molecule has 11 heteroatoms. The average molecular weight is 475 g/mol. The lowest BCUT2D eigenvalue weighted by Crippen LogP contribution is -2.21. The van der Waals surface area contributed by atoms with Gasteiger partial charge < -0.3 is 19.5 Å². The van der Waals surface area contributed by atoms with Gasteiger partial charge in [0, 0.05) is 21.1 Å². The van der Waals surface area contributed by atoms with Crippen LogP contribution in [0.1, 0.15) is 39.8 Å². The third kappa shape index (κ3) is 5.65. The van der Waals surface area contributed by atoms with E-state index in [1.54, 1.807) is 21.0 Å². The highest BCUT2D eigenvalue weighted by Gasteiger charge is 2.20. The van der Waals surface area contributed by atoms with Crippen LogP contribution in [0.15, 0.2) is 29.4 Å². The van der Waals surface area contributed by atoms with E-state index in [1.807, 2.05) is 49.7 Å². The van der Waals surface area contributed by atoms with E-state index in [4.69, 9.17) is 4.74 Å². The summed E-state index contributed by atoms with van der Waals surface area (Å²) in [4.78, 5) is 30.8. The molecule has 170 valence electrons. The second-order valence-corrected chi connectivity index (χ2v) is 9.38. The highest BCUT2D eigenvalue weighted by atomic mass is 32.2. The number of nitrogens with zero attached hydrogens (tertiary/aromatic N) is 5. The highest BCUT2D eigenvalue weighted by molar-refractivity contribution is 7.99. The average Bonchev–Trinajstić information content (AvgIpc) is 3.29. The minimum absolute atomic E-state index is 0.134. The molecule has 0 spiro atoms. The number of benzene rings is 1. The van der Waals surface area contributed by atoms with Crippen LogP contribution in [0.5, 0.6) is 5.75 Å². The topological polar surface area (TPSA) is 102 Å². The molecule has 0 saturated heterocycles. The van der Waals surface area contributed by atoms with Crippen molar-refractivity contribution >= 4 is 40.0 Å². The van der Waals surface area contributed by atoms with Gasteiger partial charge >= 0.3 is 0 Å². The molecule has 9 nitrogen and oxygen atoms in total. The summed E-state index contributed by atoms with van der Waals surface area (Å²) in [6.45, 7) is 5.68. The zero-order valence-corrected chi connectivity index (χ0v) is 20.5. The first kappa shape index (κ1) is 23.7. The predicted molar refractivity (Wildman–Crippen MR) is 125 cm³/mol. The normalized spacial score (nSPS) is 11.8. The summed E-state index contributed by atoms with van der Waals surface area (Å²) in [5, 5.41) is 12.2. The summed E-state index contributed by atoms with van der Waals surface area (Å²) in [5.74, 6) is 1.18. The number of nitrogens with one attached hydrogen (secondary N) is 1. The molecule has 1 N–H and O–H groups in total. The number of rotatable bonds is 8. The Kier molecular flexibility index (Phi) is 7.52. The number of amides is 2. The van der Waals surface area contributed by atoms with Crippen molar-refractivity contribution in [2.75, 3.05) is 25.2 Å². The molecule has 2 aromatic heterocycles. The van der Waals surface area contributed by atoms with Crippen molar-refractivity contribution in [2.24, 2.45) is 7.05 Å². The Morgan fingerprint density at radius 3 is 2.56 bits per heavy atom. The van der Waals surface area contributed by atoms with Gasteiger partial charge in [-0.15, -0.1) is 10.2 Å². The van der Waals surface area contributed by atoms with Gasteiger partial charge in [-0.25, -0.2) is 4.98 Å². The van der Waals surface area contributed by atoms with Gasteiger partial charge in [-0.05, 0) is 32.9 Å². The van der Waals surface area contributed by atoms with Gasteiger partial charge in [-0.3, -0.25) is 9.59 Å². The van der Waals surface area contributed by atoms with Crippen molar-refractivity contribution in [3.63, 3.8) is 0 Å². The molecule has 3 rings (SSSR count). The van der Waals surface area contributed by atoms with Crippen LogP contribution in [0, 0.1) is 13.8 Å². The smallest absolute Gasteiger partial charge is 0.265 e. The zero-order valence-electron chi connectivity index (χ0n) is 18.9. The van der Waals surface area contributed by atoms with Crippen LogP contribution in [0.4, 0.5) is 5.13 Å². The van der Waals surface area contributed by atoms with Crippen LogP contribution >= 0.6 is 23.1 Å². The van der Waals surface area contributed by atoms with Crippen molar-refractivity contribution < 1.29 is 14.3 Å². The fourth-order valence-electron chi connectivity index (χ4n) is 2.82. The zero-order chi connectivity index (χ0) is 23.4. The van der Waals surface area contributed by atoms with Crippen LogP contribution in [0.25, 0.3) is 0 Å². The molecule has 2 amide bonds. The summed E-state index contributed by atoms with van der Waals surface area (Å²) in [7, 11) is 5.20. The monoisotopic (exact) mass is 474 g/mol. The Labute approximate surface area is 195 Å². The third-order valence-electron chi connectivity index (χ3n) is 4.54. The Balaban J connectivity index is 1.57. The van der Waals surface area contributed by atoms with Crippen LogP contribution in [-0.2, 0) is 11.8 Å². The lowest BCUT2D eigenvalue weighted by Gasteiger charge is -2.14. The fraction of sp³-hybridized carbons (Fsp3) is 0.381. The Morgan fingerprint density at radius 1 is 1.22 bits per heavy atom. The quantitative estimate of drug-likeness (QED) is 0.499. The fourth-order valence-corrected chi connectivity index (χ4v) is 4.54. The van der Waals surface area contributed by atoms with E-state index in [9.17, 15) is 9.59 Å². The van der Waals surface area contributed by atoms with Crippen molar-refractivity contribution in [1.82, 2.24) is 24.6 Å². The SMILES string of the molecule is Cc1ccc(OC(C)c2nnc(SCC(=O)Nc3nc(C)c(C(=O)N(C)C)s3)n2C)cc1. The molecule has 1 atom stereocenters. The minimum atomic E-state index is -0.302. The number of hydrogen-bond acceptors (Lipinski definition) is 8. The van der Waals surface area contributed by atoms with E-state index < -0.39 is 0 Å². The first-order chi connectivity index (χ1) is 15.2. The maximum absolute atomic E-state index is 12.4. The summed E-state index contributed by atoms with van der Waals surface area (Å²) in [6.07, 6.45) is -0.302. The van der Waals surface area contributed by atoms with Crippen molar-refractivity contribution in [1.29, 1.82) is 0 Å². The van der Waals surface area contributed by atoms with Gasteiger partial charge in [0.2, 0.25) is 5.91 Å². The number of anilines is 1. The number of carbonyl (C=O) groups excluding carboxylic acids is 2. The molecule has 0 radical (unpaired) electrons. The van der Waals surface area contributed by atoms with E-state index in [-0.39, 0.29) is 23.7 Å². The number of ether oxygens (including phenoxy) is 1. The maximum atomic E-state index is 12.4. The standard InChI is InChI=1S/C21H26N6O3S2/c1-12-7-9-15(10-8-12)30-14(3)18-24-25-21(27(18)6)31-11-16(28)23-20-22-13(2)17(32-20)19(29)26(4)5/h7-10,14H,11H2,1-6H3,(H,22,23,28). The second-order valence-electron chi connectivity index (χ2n) is 7.44. The van der Waals surface area contributed by atoms with Crippen molar-refractivity contribution in [3.8, 4) is 5.75 Å². The van der Waals surface area contributed by atoms with Gasteiger partial charge in [-0.2, -0.15) is 0 Å². The van der Waals surface area contributed by atoms with E-state index in [2.05, 4.69) is 20.5 Å². The molecule has 0 aliphatic heterocycles. The molecule has 1 unspecified atom stereocenters. The number of carbonyl (C=O) groups is 2. The molecule has 0 aliphatic carbocycles. The van der Waals surface area contributed by atoms with E-state index >= 15 is 0 Å². The molecule has 0 bridgehead atoms. The summed E-state index contributed by atoms with van der Waals surface area (Å²) in [6, 6.07) is 7.81. The maximum Gasteiger partial charge on any atom is 0.265 e. The summed E-state index contributed by atoms with van der Waals surface area (Å²) >= 11 is 2.43. The van der Waals surface area contributed by atoms with Crippen LogP contribution < -0.4 is 10.1 Å². The summed E-state index contributed by atoms with van der Waals surface area (Å²) < 4.78 is 7.77. The highest BCUT2D eigenvalue weighted by Crippen LogP contribution is 2.26. The van der Waals surface area contributed by atoms with E-state index in [1.165, 1.54) is 28.0 Å². The molecule has 0 saturated carbocycles. The van der Waals surface area contributed by atoms with Crippen molar-refractivity contribution in [3.05, 3.63) is 46.2 Å². The predicted octanol–water partition coefficient (Wildman–Crippen LogP) is 3.46. The molecule has 32 heavy (non-hydrogen) atoms. The van der Waals surface area contributed by atoms with E-state index in [0.29, 0.717) is 26.7 Å².